The van der Waals surface area contributed by atoms with E-state index < -0.39 is 6.03 Å². The van der Waals surface area contributed by atoms with Gasteiger partial charge in [0.1, 0.15) is 5.75 Å². The molecule has 0 radical (unpaired) electrons. The van der Waals surface area contributed by atoms with Crippen LogP contribution in [0.2, 0.25) is 0 Å². The van der Waals surface area contributed by atoms with Gasteiger partial charge in [-0.25, -0.2) is 14.8 Å². The third kappa shape index (κ3) is 3.64. The topological polar surface area (TPSA) is 94.6 Å². The third-order valence-corrected chi connectivity index (χ3v) is 3.47. The van der Waals surface area contributed by atoms with Crippen LogP contribution in [-0.2, 0) is 0 Å². The zero-order chi connectivity index (χ0) is 17.8. The molecule has 2 N–H and O–H groups in total. The maximum Gasteiger partial charge on any atom is 0.323 e. The molecule has 0 unspecified atom stereocenters. The third-order valence-electron chi connectivity index (χ3n) is 3.47. The highest BCUT2D eigenvalue weighted by Gasteiger charge is 2.14. The molecular formula is C18H14N4O4. The summed E-state index contributed by atoms with van der Waals surface area (Å²) in [4.78, 5) is 20.2. The van der Waals surface area contributed by atoms with Crippen molar-refractivity contribution in [1.82, 2.24) is 9.97 Å². The Morgan fingerprint density at radius 2 is 1.65 bits per heavy atom. The van der Waals surface area contributed by atoms with Crippen molar-refractivity contribution in [1.29, 1.82) is 0 Å². The first kappa shape index (κ1) is 15.7. The second-order valence-electron chi connectivity index (χ2n) is 5.32. The van der Waals surface area contributed by atoms with Crippen LogP contribution in [0.1, 0.15) is 0 Å². The van der Waals surface area contributed by atoms with Crippen LogP contribution in [0.25, 0.3) is 0 Å². The van der Waals surface area contributed by atoms with Crippen LogP contribution in [0.3, 0.4) is 0 Å². The normalized spacial score (nSPS) is 11.7. The molecule has 2 amide bonds. The lowest BCUT2D eigenvalue weighted by molar-refractivity contribution is 0.174. The smallest absolute Gasteiger partial charge is 0.323 e. The van der Waals surface area contributed by atoms with E-state index in [1.54, 1.807) is 30.3 Å². The molecule has 0 aliphatic carbocycles. The minimum atomic E-state index is -0.427. The number of hydrogen-bond acceptors (Lipinski definition) is 6. The standard InChI is InChI=1S/C18H14N4O4/c23-17(21-12-6-7-15-16(8-12)25-11-24-15)22-13-9-19-18(20-10-13)26-14-4-2-1-3-5-14/h1-10H,11H2,(H2,21,22,23). The number of amides is 2. The predicted octanol–water partition coefficient (Wildman–Crippen LogP) is 3.64. The number of anilines is 2. The Kier molecular flexibility index (Phi) is 4.21. The van der Waals surface area contributed by atoms with Gasteiger partial charge in [0.05, 0.1) is 18.1 Å². The number of carbonyl (C=O) groups excluding carboxylic acids is 1. The van der Waals surface area contributed by atoms with E-state index in [4.69, 9.17) is 14.2 Å². The van der Waals surface area contributed by atoms with Crippen molar-refractivity contribution < 1.29 is 19.0 Å². The molecule has 8 nitrogen and oxygen atoms in total. The highest BCUT2D eigenvalue weighted by atomic mass is 16.7. The minimum absolute atomic E-state index is 0.180. The van der Waals surface area contributed by atoms with Gasteiger partial charge in [0, 0.05) is 11.8 Å². The monoisotopic (exact) mass is 350 g/mol. The maximum atomic E-state index is 12.1. The number of ether oxygens (including phenoxy) is 3. The summed E-state index contributed by atoms with van der Waals surface area (Å²) in [5, 5.41) is 5.35. The lowest BCUT2D eigenvalue weighted by Crippen LogP contribution is -2.19. The molecular weight excluding hydrogens is 336 g/mol. The highest BCUT2D eigenvalue weighted by molar-refractivity contribution is 5.99. The van der Waals surface area contributed by atoms with Crippen molar-refractivity contribution in [2.45, 2.75) is 0 Å². The molecule has 26 heavy (non-hydrogen) atoms. The quantitative estimate of drug-likeness (QED) is 0.746. The van der Waals surface area contributed by atoms with Gasteiger partial charge in [0.15, 0.2) is 11.5 Å². The first-order chi connectivity index (χ1) is 12.8. The first-order valence-corrected chi connectivity index (χ1v) is 7.79. The van der Waals surface area contributed by atoms with Gasteiger partial charge in [-0.05, 0) is 24.3 Å². The Morgan fingerprint density at radius 3 is 2.46 bits per heavy atom. The second kappa shape index (κ2) is 6.98. The Balaban J connectivity index is 1.35. The van der Waals surface area contributed by atoms with Crippen molar-refractivity contribution in [2.75, 3.05) is 17.4 Å². The van der Waals surface area contributed by atoms with E-state index in [0.29, 0.717) is 28.6 Å². The number of nitrogens with zero attached hydrogens (tertiary/aromatic N) is 2. The van der Waals surface area contributed by atoms with Gasteiger partial charge in [-0.2, -0.15) is 0 Å². The highest BCUT2D eigenvalue weighted by Crippen LogP contribution is 2.34. The molecule has 2 aromatic carbocycles. The van der Waals surface area contributed by atoms with E-state index in [9.17, 15) is 4.79 Å². The summed E-state index contributed by atoms with van der Waals surface area (Å²) < 4.78 is 16.0. The molecule has 0 fully saturated rings. The number of fused-ring (bicyclic) bond motifs is 1. The average Bonchev–Trinajstić information content (AvgIpc) is 3.12. The van der Waals surface area contributed by atoms with Gasteiger partial charge in [-0.3, -0.25) is 0 Å². The lowest BCUT2D eigenvalue weighted by atomic mass is 10.3. The van der Waals surface area contributed by atoms with E-state index in [-0.39, 0.29) is 12.8 Å². The molecule has 0 saturated carbocycles. The number of nitrogens with one attached hydrogen (secondary N) is 2. The summed E-state index contributed by atoms with van der Waals surface area (Å²) in [5.41, 5.74) is 1.01. The van der Waals surface area contributed by atoms with E-state index >= 15 is 0 Å². The van der Waals surface area contributed by atoms with E-state index in [0.717, 1.165) is 0 Å². The van der Waals surface area contributed by atoms with Crippen LogP contribution in [0.15, 0.2) is 60.9 Å². The number of urea groups is 1. The van der Waals surface area contributed by atoms with Gasteiger partial charge in [0.2, 0.25) is 6.79 Å². The molecule has 1 aliphatic heterocycles. The number of rotatable bonds is 4. The molecule has 130 valence electrons. The van der Waals surface area contributed by atoms with Crippen molar-refractivity contribution in [2.24, 2.45) is 0 Å². The molecule has 0 atom stereocenters. The molecule has 1 aliphatic rings. The zero-order valence-electron chi connectivity index (χ0n) is 13.5. The van der Waals surface area contributed by atoms with Crippen molar-refractivity contribution in [3.05, 3.63) is 60.9 Å². The number of para-hydroxylation sites is 1. The van der Waals surface area contributed by atoms with Crippen molar-refractivity contribution in [3.63, 3.8) is 0 Å². The van der Waals surface area contributed by atoms with Crippen LogP contribution < -0.4 is 24.8 Å². The van der Waals surface area contributed by atoms with E-state index in [2.05, 4.69) is 20.6 Å². The molecule has 2 heterocycles. The van der Waals surface area contributed by atoms with Gasteiger partial charge in [-0.15, -0.1) is 0 Å². The van der Waals surface area contributed by atoms with Crippen molar-refractivity contribution in [3.8, 4) is 23.3 Å². The van der Waals surface area contributed by atoms with Crippen LogP contribution in [-0.4, -0.2) is 22.8 Å². The Bertz CT molecular complexity index is 916. The zero-order valence-corrected chi connectivity index (χ0v) is 13.5. The van der Waals surface area contributed by atoms with E-state index in [1.807, 2.05) is 18.2 Å². The molecule has 3 aromatic rings. The Morgan fingerprint density at radius 1 is 0.923 bits per heavy atom. The maximum absolute atomic E-state index is 12.1. The fourth-order valence-corrected chi connectivity index (χ4v) is 2.30. The Hall–Kier alpha value is -3.81. The number of benzene rings is 2. The number of carbonyl (C=O) groups is 1. The van der Waals surface area contributed by atoms with Gasteiger partial charge < -0.3 is 24.8 Å². The number of aromatic nitrogens is 2. The summed E-state index contributed by atoms with van der Waals surface area (Å²) in [6.07, 6.45) is 2.93. The lowest BCUT2D eigenvalue weighted by Gasteiger charge is -2.08. The fourth-order valence-electron chi connectivity index (χ4n) is 2.30. The number of hydrogen-bond donors (Lipinski definition) is 2. The first-order valence-electron chi connectivity index (χ1n) is 7.79. The van der Waals surface area contributed by atoms with Crippen LogP contribution in [0.5, 0.6) is 23.3 Å². The average molecular weight is 350 g/mol. The minimum Gasteiger partial charge on any atom is -0.454 e. The van der Waals surface area contributed by atoms with Crippen LogP contribution >= 0.6 is 0 Å². The van der Waals surface area contributed by atoms with Gasteiger partial charge >= 0.3 is 12.0 Å². The van der Waals surface area contributed by atoms with Gasteiger partial charge in [0.25, 0.3) is 0 Å². The molecule has 4 rings (SSSR count). The summed E-state index contributed by atoms with van der Waals surface area (Å²) >= 11 is 0. The largest absolute Gasteiger partial charge is 0.454 e. The fraction of sp³-hybridized carbons (Fsp3) is 0.0556. The van der Waals surface area contributed by atoms with Gasteiger partial charge in [-0.1, -0.05) is 18.2 Å². The summed E-state index contributed by atoms with van der Waals surface area (Å²) in [7, 11) is 0. The summed E-state index contributed by atoms with van der Waals surface area (Å²) in [6, 6.07) is 14.1. The molecule has 0 spiro atoms. The SMILES string of the molecule is O=C(Nc1cnc(Oc2ccccc2)nc1)Nc1ccc2c(c1)OCO2. The summed E-state index contributed by atoms with van der Waals surface area (Å²) in [5.74, 6) is 1.88. The molecule has 0 saturated heterocycles. The molecule has 8 heteroatoms. The Labute approximate surface area is 148 Å². The van der Waals surface area contributed by atoms with Crippen LogP contribution in [0, 0.1) is 0 Å². The van der Waals surface area contributed by atoms with Crippen LogP contribution in [0.4, 0.5) is 16.2 Å². The van der Waals surface area contributed by atoms with Crippen molar-refractivity contribution >= 4 is 17.4 Å². The molecule has 0 bridgehead atoms. The summed E-state index contributed by atoms with van der Waals surface area (Å²) in [6.45, 7) is 0.180. The van der Waals surface area contributed by atoms with E-state index in [1.165, 1.54) is 12.4 Å². The second-order valence-corrected chi connectivity index (χ2v) is 5.32. The molecule has 1 aromatic heterocycles. The predicted molar refractivity (Wildman–Crippen MR) is 93.8 cm³/mol.